The summed E-state index contributed by atoms with van der Waals surface area (Å²) >= 11 is 2.16. The van der Waals surface area contributed by atoms with Crippen LogP contribution >= 0.6 is 22.6 Å². The van der Waals surface area contributed by atoms with Gasteiger partial charge < -0.3 is 10.5 Å². The lowest BCUT2D eigenvalue weighted by Gasteiger charge is -2.32. The van der Waals surface area contributed by atoms with E-state index in [0.717, 1.165) is 16.4 Å². The van der Waals surface area contributed by atoms with Crippen LogP contribution in [0.1, 0.15) is 12.8 Å². The summed E-state index contributed by atoms with van der Waals surface area (Å²) in [6.45, 7) is 0. The molecule has 5 heteroatoms. The zero-order valence-corrected chi connectivity index (χ0v) is 9.14. The molecule has 70 valence electrons. The molecule has 0 atom stereocenters. The largest absolute Gasteiger partial charge is 0.473 e. The van der Waals surface area contributed by atoms with Crippen LogP contribution in [0.4, 0.5) is 0 Å². The molecule has 0 bridgehead atoms. The molecule has 0 aromatic carbocycles. The number of aromatic nitrogens is 2. The van der Waals surface area contributed by atoms with Crippen LogP contribution in [0.15, 0.2) is 12.5 Å². The Labute approximate surface area is 90.0 Å². The van der Waals surface area contributed by atoms with Gasteiger partial charge in [0, 0.05) is 12.2 Å². The van der Waals surface area contributed by atoms with Gasteiger partial charge in [-0.25, -0.2) is 9.97 Å². The highest BCUT2D eigenvalue weighted by Crippen LogP contribution is 2.25. The highest BCUT2D eigenvalue weighted by Gasteiger charge is 2.28. The zero-order valence-electron chi connectivity index (χ0n) is 6.98. The van der Waals surface area contributed by atoms with E-state index in [0.29, 0.717) is 11.9 Å². The SMILES string of the molecule is NC1CC(Oc2ncncc2I)C1. The fraction of sp³-hybridized carbons (Fsp3) is 0.500. The second-order valence-corrected chi connectivity index (χ2v) is 4.31. The molecular formula is C8H10IN3O. The molecule has 1 aliphatic carbocycles. The van der Waals surface area contributed by atoms with Crippen molar-refractivity contribution in [2.45, 2.75) is 25.0 Å². The summed E-state index contributed by atoms with van der Waals surface area (Å²) in [7, 11) is 0. The Morgan fingerprint density at radius 3 is 2.92 bits per heavy atom. The molecule has 4 nitrogen and oxygen atoms in total. The van der Waals surface area contributed by atoms with Gasteiger partial charge in [0.1, 0.15) is 12.4 Å². The molecule has 1 aromatic heterocycles. The molecular weight excluding hydrogens is 281 g/mol. The molecule has 2 rings (SSSR count). The smallest absolute Gasteiger partial charge is 0.230 e. The number of hydrogen-bond acceptors (Lipinski definition) is 4. The maximum Gasteiger partial charge on any atom is 0.230 e. The molecule has 1 saturated carbocycles. The van der Waals surface area contributed by atoms with Crippen molar-refractivity contribution in [1.29, 1.82) is 0 Å². The lowest BCUT2D eigenvalue weighted by atomic mass is 9.90. The number of halogens is 1. The first kappa shape index (κ1) is 9.14. The third-order valence-electron chi connectivity index (χ3n) is 2.04. The normalized spacial score (nSPS) is 26.6. The minimum Gasteiger partial charge on any atom is -0.473 e. The lowest BCUT2D eigenvalue weighted by molar-refractivity contribution is 0.0946. The van der Waals surface area contributed by atoms with Crippen molar-refractivity contribution in [3.63, 3.8) is 0 Å². The van der Waals surface area contributed by atoms with Crippen molar-refractivity contribution >= 4 is 22.6 Å². The quantitative estimate of drug-likeness (QED) is 0.824. The van der Waals surface area contributed by atoms with E-state index >= 15 is 0 Å². The maximum absolute atomic E-state index is 5.65. The molecule has 1 fully saturated rings. The van der Waals surface area contributed by atoms with Gasteiger partial charge in [0.25, 0.3) is 0 Å². The van der Waals surface area contributed by atoms with Crippen molar-refractivity contribution < 1.29 is 4.74 Å². The Kier molecular flexibility index (Phi) is 2.63. The first-order valence-electron chi connectivity index (χ1n) is 4.13. The fourth-order valence-corrected chi connectivity index (χ4v) is 1.68. The first-order chi connectivity index (χ1) is 6.25. The molecule has 0 unspecified atom stereocenters. The van der Waals surface area contributed by atoms with E-state index in [-0.39, 0.29) is 6.10 Å². The number of ether oxygens (including phenoxy) is 1. The molecule has 0 radical (unpaired) electrons. The van der Waals surface area contributed by atoms with Gasteiger partial charge in [0.15, 0.2) is 0 Å². The zero-order chi connectivity index (χ0) is 9.26. The third-order valence-corrected chi connectivity index (χ3v) is 2.78. The lowest BCUT2D eigenvalue weighted by Crippen LogP contribution is -2.43. The first-order valence-corrected chi connectivity index (χ1v) is 5.21. The monoisotopic (exact) mass is 291 g/mol. The molecule has 1 heterocycles. The predicted octanol–water partition coefficient (Wildman–Crippen LogP) is 0.950. The Morgan fingerprint density at radius 2 is 2.31 bits per heavy atom. The minimum atomic E-state index is 0.249. The summed E-state index contributed by atoms with van der Waals surface area (Å²) in [5.74, 6) is 0.674. The van der Waals surface area contributed by atoms with Crippen LogP contribution in [0.2, 0.25) is 0 Å². The minimum absolute atomic E-state index is 0.249. The molecule has 0 spiro atoms. The average molecular weight is 291 g/mol. The van der Waals surface area contributed by atoms with Crippen LogP contribution in [0.5, 0.6) is 5.88 Å². The van der Waals surface area contributed by atoms with Crippen LogP contribution in [-0.2, 0) is 0 Å². The molecule has 2 N–H and O–H groups in total. The Bertz CT molecular complexity index is 301. The molecule has 1 aliphatic rings. The Morgan fingerprint density at radius 1 is 1.54 bits per heavy atom. The molecule has 1 aromatic rings. The number of hydrogen-bond donors (Lipinski definition) is 1. The van der Waals surface area contributed by atoms with Crippen molar-refractivity contribution in [1.82, 2.24) is 9.97 Å². The standard InChI is InChI=1S/C8H10IN3O/c9-7-3-11-4-12-8(7)13-6-1-5(10)2-6/h3-6H,1-2,10H2. The topological polar surface area (TPSA) is 61.0 Å². The molecule has 13 heavy (non-hydrogen) atoms. The van der Waals surface area contributed by atoms with Crippen molar-refractivity contribution in [3.05, 3.63) is 16.1 Å². The second kappa shape index (κ2) is 3.75. The summed E-state index contributed by atoms with van der Waals surface area (Å²) < 4.78 is 6.56. The van der Waals surface area contributed by atoms with E-state index in [1.54, 1.807) is 6.20 Å². The van der Waals surface area contributed by atoms with Gasteiger partial charge in [-0.2, -0.15) is 0 Å². The van der Waals surface area contributed by atoms with E-state index in [1.165, 1.54) is 6.33 Å². The van der Waals surface area contributed by atoms with E-state index in [2.05, 4.69) is 32.6 Å². The van der Waals surface area contributed by atoms with Crippen molar-refractivity contribution in [2.24, 2.45) is 5.73 Å². The highest BCUT2D eigenvalue weighted by molar-refractivity contribution is 14.1. The Hall–Kier alpha value is -0.430. The van der Waals surface area contributed by atoms with Gasteiger partial charge in [0.2, 0.25) is 5.88 Å². The summed E-state index contributed by atoms with van der Waals surface area (Å²) in [5.41, 5.74) is 5.65. The van der Waals surface area contributed by atoms with Crippen molar-refractivity contribution in [2.75, 3.05) is 0 Å². The molecule has 0 saturated heterocycles. The van der Waals surface area contributed by atoms with Gasteiger partial charge in [-0.3, -0.25) is 0 Å². The Balaban J connectivity index is 1.98. The average Bonchev–Trinajstić information content (AvgIpc) is 2.06. The fourth-order valence-electron chi connectivity index (χ4n) is 1.25. The van der Waals surface area contributed by atoms with Gasteiger partial charge in [-0.05, 0) is 35.4 Å². The molecule has 0 amide bonds. The van der Waals surface area contributed by atoms with E-state index in [1.807, 2.05) is 0 Å². The highest BCUT2D eigenvalue weighted by atomic mass is 127. The van der Waals surface area contributed by atoms with E-state index in [9.17, 15) is 0 Å². The third kappa shape index (κ3) is 2.08. The number of nitrogens with two attached hydrogens (primary N) is 1. The van der Waals surface area contributed by atoms with Gasteiger partial charge in [-0.15, -0.1) is 0 Å². The van der Waals surface area contributed by atoms with Crippen LogP contribution < -0.4 is 10.5 Å². The summed E-state index contributed by atoms with van der Waals surface area (Å²) in [6, 6.07) is 0.310. The number of nitrogens with zero attached hydrogens (tertiary/aromatic N) is 2. The van der Waals surface area contributed by atoms with Crippen LogP contribution in [0.25, 0.3) is 0 Å². The van der Waals surface area contributed by atoms with Gasteiger partial charge in [-0.1, -0.05) is 0 Å². The summed E-state index contributed by atoms with van der Waals surface area (Å²) in [5, 5.41) is 0. The van der Waals surface area contributed by atoms with Gasteiger partial charge in [0.05, 0.1) is 3.57 Å². The van der Waals surface area contributed by atoms with Crippen LogP contribution in [0.3, 0.4) is 0 Å². The predicted molar refractivity (Wildman–Crippen MR) is 56.4 cm³/mol. The molecule has 0 aliphatic heterocycles. The maximum atomic E-state index is 5.65. The summed E-state index contributed by atoms with van der Waals surface area (Å²) in [4.78, 5) is 7.93. The second-order valence-electron chi connectivity index (χ2n) is 3.15. The summed E-state index contributed by atoms with van der Waals surface area (Å²) in [6.07, 6.45) is 5.34. The van der Waals surface area contributed by atoms with Crippen LogP contribution in [-0.4, -0.2) is 22.1 Å². The van der Waals surface area contributed by atoms with Crippen LogP contribution in [0, 0.1) is 3.57 Å². The van der Waals surface area contributed by atoms with E-state index < -0.39 is 0 Å². The number of rotatable bonds is 2. The van der Waals surface area contributed by atoms with Gasteiger partial charge >= 0.3 is 0 Å². The van der Waals surface area contributed by atoms with Crippen molar-refractivity contribution in [3.8, 4) is 5.88 Å². The van der Waals surface area contributed by atoms with E-state index in [4.69, 9.17) is 10.5 Å².